The van der Waals surface area contributed by atoms with E-state index >= 15 is 0 Å². The van der Waals surface area contributed by atoms with Crippen LogP contribution in [0.2, 0.25) is 10.0 Å². The minimum absolute atomic E-state index is 0.0451. The van der Waals surface area contributed by atoms with E-state index in [1.54, 1.807) is 6.07 Å². The lowest BCUT2D eigenvalue weighted by molar-refractivity contribution is -0.384. The summed E-state index contributed by atoms with van der Waals surface area (Å²) in [5.74, 6) is -1.43. The zero-order chi connectivity index (χ0) is 21.8. The molecular formula is C18H12Cl2N4O6. The van der Waals surface area contributed by atoms with Crippen molar-refractivity contribution in [1.29, 1.82) is 0 Å². The highest BCUT2D eigenvalue weighted by atomic mass is 35.5. The molecule has 0 spiro atoms. The number of H-pyrrole nitrogens is 1. The van der Waals surface area contributed by atoms with Gasteiger partial charge in [0, 0.05) is 16.7 Å². The minimum atomic E-state index is -0.805. The van der Waals surface area contributed by atoms with Crippen molar-refractivity contribution in [3.05, 3.63) is 78.3 Å². The highest BCUT2D eigenvalue weighted by Crippen LogP contribution is 2.25. The summed E-state index contributed by atoms with van der Waals surface area (Å²) in [6.45, 7) is -0.836. The normalized spacial score (nSPS) is 10.6. The Morgan fingerprint density at radius 1 is 1.20 bits per heavy atom. The maximum atomic E-state index is 12.1. The van der Waals surface area contributed by atoms with Gasteiger partial charge in [-0.25, -0.2) is 4.98 Å². The fourth-order valence-electron chi connectivity index (χ4n) is 2.48. The molecule has 0 unspecified atom stereocenters. The number of hydrogen-bond acceptors (Lipinski definition) is 7. The number of fused-ring (bicyclic) bond motifs is 1. The number of rotatable bonds is 6. The van der Waals surface area contributed by atoms with E-state index in [9.17, 15) is 24.5 Å². The first-order chi connectivity index (χ1) is 14.2. The van der Waals surface area contributed by atoms with Crippen molar-refractivity contribution >= 4 is 51.7 Å². The third-order valence-corrected chi connectivity index (χ3v) is 4.44. The van der Waals surface area contributed by atoms with Gasteiger partial charge in [-0.1, -0.05) is 23.2 Å². The molecular weight excluding hydrogens is 439 g/mol. The summed E-state index contributed by atoms with van der Waals surface area (Å²) < 4.78 is 4.98. The van der Waals surface area contributed by atoms with Crippen LogP contribution in [0.15, 0.2) is 41.2 Å². The molecule has 12 heteroatoms. The molecule has 0 aliphatic carbocycles. The van der Waals surface area contributed by atoms with Gasteiger partial charge in [0.25, 0.3) is 17.2 Å². The van der Waals surface area contributed by atoms with Crippen LogP contribution in [-0.2, 0) is 16.1 Å². The predicted octanol–water partition coefficient (Wildman–Crippen LogP) is 2.61. The Labute approximate surface area is 177 Å². The van der Waals surface area contributed by atoms with Crippen molar-refractivity contribution in [3.63, 3.8) is 0 Å². The summed E-state index contributed by atoms with van der Waals surface area (Å²) in [5.41, 5.74) is -0.551. The molecule has 2 aromatic carbocycles. The van der Waals surface area contributed by atoms with E-state index in [1.165, 1.54) is 24.3 Å². The zero-order valence-corrected chi connectivity index (χ0v) is 16.5. The van der Waals surface area contributed by atoms with E-state index in [0.29, 0.717) is 15.9 Å². The van der Waals surface area contributed by atoms with Crippen molar-refractivity contribution in [2.24, 2.45) is 0 Å². The van der Waals surface area contributed by atoms with Crippen LogP contribution in [-0.4, -0.2) is 33.3 Å². The monoisotopic (exact) mass is 450 g/mol. The molecule has 0 bridgehead atoms. The summed E-state index contributed by atoms with van der Waals surface area (Å²) in [6, 6.07) is 8.07. The molecule has 30 heavy (non-hydrogen) atoms. The van der Waals surface area contributed by atoms with Crippen molar-refractivity contribution in [2.45, 2.75) is 6.61 Å². The summed E-state index contributed by atoms with van der Waals surface area (Å²) >= 11 is 11.6. The molecule has 0 aliphatic heterocycles. The second-order valence-electron chi connectivity index (χ2n) is 5.94. The lowest BCUT2D eigenvalue weighted by Crippen LogP contribution is -2.30. The van der Waals surface area contributed by atoms with E-state index in [2.05, 4.69) is 15.3 Å². The van der Waals surface area contributed by atoms with Crippen LogP contribution in [0, 0.1) is 10.1 Å². The van der Waals surface area contributed by atoms with Gasteiger partial charge in [0.1, 0.15) is 24.0 Å². The molecule has 0 saturated carbocycles. The fraction of sp³-hybridized carbons (Fsp3) is 0.111. The molecule has 154 valence electrons. The zero-order valence-electron chi connectivity index (χ0n) is 15.0. The number of halogens is 2. The van der Waals surface area contributed by atoms with Gasteiger partial charge in [-0.3, -0.25) is 24.5 Å². The Morgan fingerprint density at radius 2 is 1.97 bits per heavy atom. The maximum Gasteiger partial charge on any atom is 0.325 e. The predicted molar refractivity (Wildman–Crippen MR) is 108 cm³/mol. The molecule has 0 radical (unpaired) electrons. The Balaban J connectivity index is 1.59. The average Bonchev–Trinajstić information content (AvgIpc) is 2.70. The van der Waals surface area contributed by atoms with Gasteiger partial charge >= 0.3 is 5.97 Å². The first-order valence-corrected chi connectivity index (χ1v) is 9.06. The van der Waals surface area contributed by atoms with Crippen molar-refractivity contribution < 1.29 is 19.2 Å². The summed E-state index contributed by atoms with van der Waals surface area (Å²) in [6.07, 6.45) is 0. The number of hydrogen-bond donors (Lipinski definition) is 2. The van der Waals surface area contributed by atoms with Gasteiger partial charge in [0.05, 0.1) is 15.8 Å². The van der Waals surface area contributed by atoms with Gasteiger partial charge < -0.3 is 15.0 Å². The van der Waals surface area contributed by atoms with Crippen LogP contribution in [0.1, 0.15) is 16.2 Å². The smallest absolute Gasteiger partial charge is 0.325 e. The number of benzene rings is 2. The van der Waals surface area contributed by atoms with Gasteiger partial charge in [-0.05, 0) is 30.3 Å². The number of ether oxygens (including phenoxy) is 1. The first kappa shape index (κ1) is 21.2. The number of amides is 1. The highest BCUT2D eigenvalue weighted by Gasteiger charge is 2.17. The number of carbonyl (C=O) groups excluding carboxylic acids is 2. The van der Waals surface area contributed by atoms with E-state index in [0.717, 1.165) is 6.07 Å². The molecule has 0 aliphatic rings. The fourth-order valence-corrected chi connectivity index (χ4v) is 2.83. The molecule has 10 nitrogen and oxygen atoms in total. The minimum Gasteiger partial charge on any atom is -0.456 e. The molecule has 0 fully saturated rings. The van der Waals surface area contributed by atoms with Crippen LogP contribution in [0.4, 0.5) is 5.69 Å². The topological polar surface area (TPSA) is 144 Å². The number of nitrogens with one attached hydrogen (secondary N) is 2. The molecule has 1 heterocycles. The number of nitro benzene ring substituents is 1. The second kappa shape index (κ2) is 8.89. The first-order valence-electron chi connectivity index (χ1n) is 8.31. The molecule has 1 aromatic heterocycles. The van der Waals surface area contributed by atoms with Gasteiger partial charge in [-0.2, -0.15) is 0 Å². The lowest BCUT2D eigenvalue weighted by atomic mass is 10.2. The number of esters is 1. The largest absolute Gasteiger partial charge is 0.456 e. The Kier molecular flexibility index (Phi) is 6.28. The number of aromatic nitrogens is 2. The van der Waals surface area contributed by atoms with Crippen LogP contribution >= 0.6 is 23.2 Å². The van der Waals surface area contributed by atoms with E-state index in [4.69, 9.17) is 27.9 Å². The second-order valence-corrected chi connectivity index (χ2v) is 6.78. The van der Waals surface area contributed by atoms with E-state index in [-0.39, 0.29) is 23.0 Å². The van der Waals surface area contributed by atoms with Crippen molar-refractivity contribution in [3.8, 4) is 0 Å². The van der Waals surface area contributed by atoms with Crippen LogP contribution in [0.25, 0.3) is 10.9 Å². The number of carbonyl (C=O) groups is 2. The van der Waals surface area contributed by atoms with Gasteiger partial charge in [0.15, 0.2) is 0 Å². The Morgan fingerprint density at radius 3 is 2.70 bits per heavy atom. The van der Waals surface area contributed by atoms with Crippen molar-refractivity contribution in [2.75, 3.05) is 6.54 Å². The molecule has 2 N–H and O–H groups in total. The molecule has 3 aromatic rings. The third kappa shape index (κ3) is 4.91. The van der Waals surface area contributed by atoms with E-state index < -0.39 is 34.6 Å². The summed E-state index contributed by atoms with van der Waals surface area (Å²) in [4.78, 5) is 52.8. The molecule has 0 atom stereocenters. The number of nitro groups is 1. The van der Waals surface area contributed by atoms with Crippen LogP contribution in [0.3, 0.4) is 0 Å². The Hall–Kier alpha value is -3.50. The summed E-state index contributed by atoms with van der Waals surface area (Å²) in [7, 11) is 0. The SMILES string of the molecule is O=C(CNC(=O)c1ccc(Cl)c([N+](=O)[O-])c1)OCc1nc2cc(Cl)ccc2c(=O)[nH]1. The Bertz CT molecular complexity index is 1230. The van der Waals surface area contributed by atoms with E-state index in [1.807, 2.05) is 0 Å². The average molecular weight is 451 g/mol. The lowest BCUT2D eigenvalue weighted by Gasteiger charge is -2.07. The number of aromatic amines is 1. The van der Waals surface area contributed by atoms with Crippen LogP contribution in [0.5, 0.6) is 0 Å². The maximum absolute atomic E-state index is 12.1. The summed E-state index contributed by atoms with van der Waals surface area (Å²) in [5, 5.41) is 13.8. The molecule has 0 saturated heterocycles. The van der Waals surface area contributed by atoms with Gasteiger partial charge in [-0.15, -0.1) is 0 Å². The van der Waals surface area contributed by atoms with Gasteiger partial charge in [0.2, 0.25) is 0 Å². The van der Waals surface area contributed by atoms with Crippen molar-refractivity contribution in [1.82, 2.24) is 15.3 Å². The number of nitrogens with zero attached hydrogens (tertiary/aromatic N) is 2. The molecule has 3 rings (SSSR count). The van der Waals surface area contributed by atoms with Crippen LogP contribution < -0.4 is 10.9 Å². The highest BCUT2D eigenvalue weighted by molar-refractivity contribution is 6.32. The molecule has 1 amide bonds. The standard InChI is InChI=1S/C18H12Cl2N4O6/c19-10-2-3-11-13(6-10)22-15(23-18(11)27)8-30-16(25)7-21-17(26)9-1-4-12(20)14(5-9)24(28)29/h1-6H,7-8H2,(H,21,26)(H,22,23,27). The quantitative estimate of drug-likeness (QED) is 0.333. The third-order valence-electron chi connectivity index (χ3n) is 3.89.